The summed E-state index contributed by atoms with van der Waals surface area (Å²) >= 11 is 1.48. The Morgan fingerprint density at radius 2 is 1.56 bits per heavy atom. The molecule has 39 heavy (non-hydrogen) atoms. The Morgan fingerprint density at radius 1 is 0.974 bits per heavy atom. The molecule has 0 bridgehead atoms. The lowest BCUT2D eigenvalue weighted by Gasteiger charge is -2.49. The number of carbonyl (C=O) groups is 3. The van der Waals surface area contributed by atoms with E-state index in [4.69, 9.17) is 9.47 Å². The second kappa shape index (κ2) is 12.0. The Bertz CT molecular complexity index is 1350. The summed E-state index contributed by atoms with van der Waals surface area (Å²) in [5.74, 6) is -0.486. The van der Waals surface area contributed by atoms with Gasteiger partial charge in [-0.2, -0.15) is 0 Å². The van der Waals surface area contributed by atoms with Gasteiger partial charge < -0.3 is 14.8 Å². The van der Waals surface area contributed by atoms with Crippen LogP contribution in [0, 0.1) is 0 Å². The van der Waals surface area contributed by atoms with Crippen molar-refractivity contribution in [2.75, 3.05) is 5.75 Å². The summed E-state index contributed by atoms with van der Waals surface area (Å²) in [6.07, 6.45) is 2.32. The molecule has 3 aromatic carbocycles. The number of alkyl carbamates (subject to hydrolysis) is 1. The first-order valence-corrected chi connectivity index (χ1v) is 13.7. The van der Waals surface area contributed by atoms with Gasteiger partial charge in [0.25, 0.3) is 5.91 Å². The minimum atomic E-state index is -0.799. The van der Waals surface area contributed by atoms with E-state index in [1.54, 1.807) is 0 Å². The van der Waals surface area contributed by atoms with Crippen LogP contribution in [0.15, 0.2) is 114 Å². The second-order valence-corrected chi connectivity index (χ2v) is 10.2. The van der Waals surface area contributed by atoms with E-state index < -0.39 is 29.6 Å². The van der Waals surface area contributed by atoms with Gasteiger partial charge in [-0.05, 0) is 29.2 Å². The molecule has 1 saturated heterocycles. The van der Waals surface area contributed by atoms with E-state index in [-0.39, 0.29) is 18.2 Å². The maximum Gasteiger partial charge on any atom is 0.408 e. The van der Waals surface area contributed by atoms with Gasteiger partial charge in [-0.3, -0.25) is 9.69 Å². The third kappa shape index (κ3) is 5.76. The summed E-state index contributed by atoms with van der Waals surface area (Å²) in [6.45, 7) is 1.95. The van der Waals surface area contributed by atoms with Gasteiger partial charge >= 0.3 is 12.1 Å². The minimum Gasteiger partial charge on any atom is -0.448 e. The molecule has 8 heteroatoms. The predicted octanol–water partition coefficient (Wildman–Crippen LogP) is 5.36. The second-order valence-electron chi connectivity index (χ2n) is 9.07. The van der Waals surface area contributed by atoms with E-state index in [1.165, 1.54) is 16.7 Å². The van der Waals surface area contributed by atoms with Crippen LogP contribution in [0.5, 0.6) is 0 Å². The first-order valence-electron chi connectivity index (χ1n) is 12.7. The molecule has 0 aromatic heterocycles. The van der Waals surface area contributed by atoms with Crippen molar-refractivity contribution in [1.82, 2.24) is 10.2 Å². The molecule has 0 spiro atoms. The normalized spacial score (nSPS) is 18.5. The average Bonchev–Trinajstić information content (AvgIpc) is 2.98. The molecule has 2 amide bonds. The summed E-state index contributed by atoms with van der Waals surface area (Å²) < 4.78 is 11.4. The molecule has 1 unspecified atom stereocenters. The number of β-lactam (4-membered cyclic amide) rings is 1. The number of fused-ring (bicyclic) bond motifs is 1. The van der Waals surface area contributed by atoms with Gasteiger partial charge in [0.1, 0.15) is 23.7 Å². The molecule has 0 saturated carbocycles. The minimum absolute atomic E-state index is 0.0956. The number of nitrogens with zero attached hydrogens (tertiary/aromatic N) is 1. The van der Waals surface area contributed by atoms with Crippen molar-refractivity contribution in [2.24, 2.45) is 0 Å². The highest BCUT2D eigenvalue weighted by Crippen LogP contribution is 2.42. The van der Waals surface area contributed by atoms with Crippen LogP contribution in [-0.2, 0) is 25.7 Å². The van der Waals surface area contributed by atoms with Crippen molar-refractivity contribution in [2.45, 2.75) is 31.1 Å². The average molecular weight is 541 g/mol. The molecule has 2 atom stereocenters. The fourth-order valence-corrected chi connectivity index (χ4v) is 5.92. The molecular weight excluding hydrogens is 512 g/mol. The topological polar surface area (TPSA) is 84.9 Å². The summed E-state index contributed by atoms with van der Waals surface area (Å²) in [7, 11) is 0. The molecule has 3 aromatic rings. The highest BCUT2D eigenvalue weighted by Gasteiger charge is 2.54. The third-order valence-electron chi connectivity index (χ3n) is 6.47. The van der Waals surface area contributed by atoms with Crippen LogP contribution < -0.4 is 5.32 Å². The summed E-state index contributed by atoms with van der Waals surface area (Å²) in [5.41, 5.74) is 3.39. The molecule has 0 aliphatic carbocycles. The molecule has 1 fully saturated rings. The molecule has 2 aliphatic heterocycles. The van der Waals surface area contributed by atoms with E-state index >= 15 is 0 Å². The van der Waals surface area contributed by atoms with Gasteiger partial charge in [0.05, 0.1) is 0 Å². The predicted molar refractivity (Wildman–Crippen MR) is 149 cm³/mol. The van der Waals surface area contributed by atoms with Crippen LogP contribution in [0.1, 0.15) is 29.7 Å². The largest absolute Gasteiger partial charge is 0.448 e. The Hall–Kier alpha value is -4.30. The van der Waals surface area contributed by atoms with Crippen molar-refractivity contribution in [3.63, 3.8) is 0 Å². The number of allylic oxidation sites excluding steroid dienone is 2. The van der Waals surface area contributed by atoms with Gasteiger partial charge in [-0.25, -0.2) is 9.59 Å². The first-order chi connectivity index (χ1) is 19.1. The smallest absolute Gasteiger partial charge is 0.408 e. The standard InChI is InChI=1S/C31H28N2O5S/c1-2-12-24-20-39-29-25(32-31(36)37-19-21-13-6-3-7-14-21)28(34)33(29)26(24)30(35)38-27(22-15-8-4-9-16-22)23-17-10-5-11-18-23/h2-18,25,27,29H,19-20H2,1H3,(H,32,36)/t25?,29-/m0/s1. The number of nitrogens with one attached hydrogen (secondary N) is 1. The number of hydrogen-bond acceptors (Lipinski definition) is 6. The number of benzene rings is 3. The highest BCUT2D eigenvalue weighted by molar-refractivity contribution is 8.00. The quantitative estimate of drug-likeness (QED) is 0.306. The monoisotopic (exact) mass is 540 g/mol. The summed E-state index contributed by atoms with van der Waals surface area (Å²) in [5, 5.41) is 2.23. The van der Waals surface area contributed by atoms with Crippen molar-refractivity contribution in [3.8, 4) is 0 Å². The zero-order valence-corrected chi connectivity index (χ0v) is 22.2. The van der Waals surface area contributed by atoms with E-state index in [0.717, 1.165) is 16.7 Å². The van der Waals surface area contributed by atoms with E-state index in [1.807, 2.05) is 110 Å². The van der Waals surface area contributed by atoms with Gasteiger partial charge in [0.2, 0.25) is 0 Å². The van der Waals surface area contributed by atoms with Crippen molar-refractivity contribution in [3.05, 3.63) is 131 Å². The molecule has 2 heterocycles. The Balaban J connectivity index is 1.34. The number of ether oxygens (including phenoxy) is 2. The fourth-order valence-electron chi connectivity index (χ4n) is 4.60. The van der Waals surface area contributed by atoms with Gasteiger partial charge in [-0.15, -0.1) is 11.8 Å². The van der Waals surface area contributed by atoms with Crippen LogP contribution in [-0.4, -0.2) is 40.0 Å². The molecule has 5 rings (SSSR count). The number of thioether (sulfide) groups is 1. The number of carbonyl (C=O) groups excluding carboxylic acids is 3. The molecule has 2 aliphatic rings. The molecule has 1 N–H and O–H groups in total. The van der Waals surface area contributed by atoms with Gasteiger partial charge in [0, 0.05) is 5.75 Å². The number of esters is 1. The lowest BCUT2D eigenvalue weighted by molar-refractivity contribution is -0.153. The van der Waals surface area contributed by atoms with Gasteiger partial charge in [-0.1, -0.05) is 103 Å². The number of hydrogen-bond donors (Lipinski definition) is 1. The maximum absolute atomic E-state index is 13.7. The zero-order valence-electron chi connectivity index (χ0n) is 21.4. The Morgan fingerprint density at radius 3 is 2.15 bits per heavy atom. The summed E-state index contributed by atoms with van der Waals surface area (Å²) in [6, 6.07) is 27.5. The summed E-state index contributed by atoms with van der Waals surface area (Å²) in [4.78, 5) is 40.9. The van der Waals surface area contributed by atoms with Crippen LogP contribution in [0.3, 0.4) is 0 Å². The first kappa shape index (κ1) is 26.3. The lowest BCUT2D eigenvalue weighted by atomic mass is 10.0. The van der Waals surface area contributed by atoms with Crippen LogP contribution in [0.4, 0.5) is 4.79 Å². The molecule has 7 nitrogen and oxygen atoms in total. The van der Waals surface area contributed by atoms with E-state index in [9.17, 15) is 14.4 Å². The van der Waals surface area contributed by atoms with Crippen LogP contribution >= 0.6 is 11.8 Å². The molecular formula is C31H28N2O5S. The molecule has 198 valence electrons. The van der Waals surface area contributed by atoms with Crippen molar-refractivity contribution >= 4 is 29.7 Å². The number of rotatable bonds is 8. The SMILES string of the molecule is CC=CC1=C(C(=O)OC(c2ccccc2)c2ccccc2)N2C(=O)C(NC(=O)OCc3ccccc3)[C@@H]2SC1. The van der Waals surface area contributed by atoms with E-state index in [2.05, 4.69) is 5.32 Å². The highest BCUT2D eigenvalue weighted by atomic mass is 32.2. The Kier molecular flexibility index (Phi) is 8.13. The van der Waals surface area contributed by atoms with E-state index in [0.29, 0.717) is 11.3 Å². The van der Waals surface area contributed by atoms with Crippen LogP contribution in [0.2, 0.25) is 0 Å². The van der Waals surface area contributed by atoms with Gasteiger partial charge in [0.15, 0.2) is 6.10 Å². The fraction of sp³-hybridized carbons (Fsp3) is 0.194. The molecule has 0 radical (unpaired) electrons. The van der Waals surface area contributed by atoms with Crippen molar-refractivity contribution < 1.29 is 23.9 Å². The number of amides is 2. The van der Waals surface area contributed by atoms with Crippen molar-refractivity contribution in [1.29, 1.82) is 0 Å². The lowest BCUT2D eigenvalue weighted by Crippen LogP contribution is -2.70. The van der Waals surface area contributed by atoms with Crippen LogP contribution in [0.25, 0.3) is 0 Å². The zero-order chi connectivity index (χ0) is 27.2. The maximum atomic E-state index is 13.7. The Labute approximate surface area is 231 Å². The third-order valence-corrected chi connectivity index (χ3v) is 7.78.